The van der Waals surface area contributed by atoms with Crippen LogP contribution in [0.15, 0.2) is 35.7 Å². The first-order valence-electron chi connectivity index (χ1n) is 8.70. The molecule has 1 fully saturated rings. The number of rotatable bonds is 5. The van der Waals surface area contributed by atoms with E-state index in [4.69, 9.17) is 4.74 Å². The number of ether oxygens (including phenoxy) is 1. The summed E-state index contributed by atoms with van der Waals surface area (Å²) in [7, 11) is 1.41. The van der Waals surface area contributed by atoms with Gasteiger partial charge in [-0.05, 0) is 42.8 Å². The minimum atomic E-state index is -0.339. The lowest BCUT2D eigenvalue weighted by Gasteiger charge is -2.23. The van der Waals surface area contributed by atoms with Gasteiger partial charge in [-0.25, -0.2) is 0 Å². The monoisotopic (exact) mass is 372 g/mol. The predicted molar refractivity (Wildman–Crippen MR) is 102 cm³/mol. The predicted octanol–water partition coefficient (Wildman–Crippen LogP) is 2.91. The van der Waals surface area contributed by atoms with Crippen LogP contribution in [-0.4, -0.2) is 42.5 Å². The molecule has 0 spiro atoms. The molecule has 26 heavy (non-hydrogen) atoms. The molecule has 0 unspecified atom stereocenters. The van der Waals surface area contributed by atoms with Gasteiger partial charge in [0.25, 0.3) is 5.91 Å². The summed E-state index contributed by atoms with van der Waals surface area (Å²) in [5.74, 6) is -0.328. The molecule has 0 radical (unpaired) electrons. The Morgan fingerprint density at radius 3 is 2.81 bits per heavy atom. The van der Waals surface area contributed by atoms with E-state index < -0.39 is 0 Å². The Kier molecular flexibility index (Phi) is 5.74. The van der Waals surface area contributed by atoms with Gasteiger partial charge in [0.15, 0.2) is 0 Å². The van der Waals surface area contributed by atoms with Crippen molar-refractivity contribution in [2.45, 2.75) is 38.9 Å². The maximum Gasteiger partial charge on any atom is 0.323 e. The highest BCUT2D eigenvalue weighted by atomic mass is 32.1. The van der Waals surface area contributed by atoms with E-state index in [-0.39, 0.29) is 24.0 Å². The van der Waals surface area contributed by atoms with Crippen LogP contribution in [0.4, 0.5) is 0 Å². The second-order valence-electron chi connectivity index (χ2n) is 6.78. The summed E-state index contributed by atoms with van der Waals surface area (Å²) in [6.45, 7) is 5.44. The number of aryl methyl sites for hydroxylation is 2. The largest absolute Gasteiger partial charge is 0.468 e. The van der Waals surface area contributed by atoms with Crippen LogP contribution in [0.25, 0.3) is 0 Å². The minimum absolute atomic E-state index is 0.0705. The summed E-state index contributed by atoms with van der Waals surface area (Å²) in [4.78, 5) is 27.4. The molecule has 1 N–H and O–H groups in total. The Balaban J connectivity index is 1.73. The first kappa shape index (κ1) is 18.6. The summed E-state index contributed by atoms with van der Waals surface area (Å²) in [6.07, 6.45) is 0.564. The average Bonchev–Trinajstić information content (AvgIpc) is 3.27. The average molecular weight is 372 g/mol. The zero-order valence-corrected chi connectivity index (χ0v) is 16.1. The molecule has 5 nitrogen and oxygen atoms in total. The van der Waals surface area contributed by atoms with Crippen molar-refractivity contribution in [1.82, 2.24) is 10.2 Å². The van der Waals surface area contributed by atoms with Crippen molar-refractivity contribution in [3.63, 3.8) is 0 Å². The number of nitrogens with zero attached hydrogens (tertiary/aromatic N) is 1. The van der Waals surface area contributed by atoms with Gasteiger partial charge in [-0.1, -0.05) is 29.8 Å². The molecule has 6 heteroatoms. The summed E-state index contributed by atoms with van der Waals surface area (Å²) < 4.78 is 4.99. The van der Waals surface area contributed by atoms with Gasteiger partial charge in [0, 0.05) is 19.1 Å². The van der Waals surface area contributed by atoms with Crippen LogP contribution < -0.4 is 5.32 Å². The molecule has 1 saturated heterocycles. The number of nitrogens with one attached hydrogen (secondary N) is 1. The summed E-state index contributed by atoms with van der Waals surface area (Å²) >= 11 is 1.42. The molecule has 2 aromatic rings. The minimum Gasteiger partial charge on any atom is -0.468 e. The normalized spacial score (nSPS) is 20.1. The zero-order chi connectivity index (χ0) is 18.7. The van der Waals surface area contributed by atoms with E-state index in [2.05, 4.69) is 42.3 Å². The molecule has 3 rings (SSSR count). The Morgan fingerprint density at radius 1 is 1.31 bits per heavy atom. The molecule has 1 aliphatic heterocycles. The lowest BCUT2D eigenvalue weighted by Crippen LogP contribution is -2.37. The van der Waals surface area contributed by atoms with Crippen molar-refractivity contribution in [2.75, 3.05) is 13.7 Å². The van der Waals surface area contributed by atoms with Gasteiger partial charge in [0.1, 0.15) is 6.04 Å². The molecular weight excluding hydrogens is 348 g/mol. The summed E-state index contributed by atoms with van der Waals surface area (Å²) in [5, 5.41) is 4.94. The van der Waals surface area contributed by atoms with Crippen LogP contribution in [-0.2, 0) is 16.1 Å². The quantitative estimate of drug-likeness (QED) is 0.820. The smallest absolute Gasteiger partial charge is 0.323 e. The number of hydrogen-bond donors (Lipinski definition) is 1. The summed E-state index contributed by atoms with van der Waals surface area (Å²) in [6, 6.07) is 9.60. The van der Waals surface area contributed by atoms with Crippen LogP contribution in [0.1, 0.15) is 32.8 Å². The van der Waals surface area contributed by atoms with Crippen molar-refractivity contribution in [3.8, 4) is 0 Å². The first-order chi connectivity index (χ1) is 12.5. The van der Waals surface area contributed by atoms with Gasteiger partial charge in [-0.3, -0.25) is 14.5 Å². The molecule has 2 heterocycles. The van der Waals surface area contributed by atoms with E-state index in [1.807, 2.05) is 11.4 Å². The fourth-order valence-corrected chi connectivity index (χ4v) is 4.04. The van der Waals surface area contributed by atoms with E-state index in [1.165, 1.54) is 35.1 Å². The molecular formula is C20H24N2O3S. The standard InChI is InChI=1S/C20H24N2O3S/c1-13-6-7-14(2)15(9-13)11-22-12-16(10-17(22)20(24)25-3)21-19(23)18-5-4-8-26-18/h4-9,16-17H,10-12H2,1-3H3,(H,21,23)/t16-,17+/m1/s1. The van der Waals surface area contributed by atoms with Gasteiger partial charge in [0.2, 0.25) is 0 Å². The van der Waals surface area contributed by atoms with Gasteiger partial charge in [0.05, 0.1) is 12.0 Å². The SMILES string of the molecule is COC(=O)[C@@H]1C[C@@H](NC(=O)c2cccs2)CN1Cc1cc(C)ccc1C. The van der Waals surface area contributed by atoms with Crippen molar-refractivity contribution in [3.05, 3.63) is 57.3 Å². The van der Waals surface area contributed by atoms with Gasteiger partial charge in [-0.15, -0.1) is 11.3 Å². The van der Waals surface area contributed by atoms with Crippen molar-refractivity contribution >= 4 is 23.2 Å². The lowest BCUT2D eigenvalue weighted by molar-refractivity contribution is -0.146. The maximum atomic E-state index is 12.3. The second-order valence-corrected chi connectivity index (χ2v) is 7.73. The molecule has 2 atom stereocenters. The molecule has 1 aliphatic rings. The van der Waals surface area contributed by atoms with Crippen molar-refractivity contribution in [2.24, 2.45) is 0 Å². The van der Waals surface area contributed by atoms with Crippen LogP contribution in [0.3, 0.4) is 0 Å². The van der Waals surface area contributed by atoms with Gasteiger partial charge in [-0.2, -0.15) is 0 Å². The molecule has 1 aromatic heterocycles. The van der Waals surface area contributed by atoms with Crippen LogP contribution in [0, 0.1) is 13.8 Å². The van der Waals surface area contributed by atoms with E-state index in [1.54, 1.807) is 6.07 Å². The van der Waals surface area contributed by atoms with Crippen LogP contribution >= 0.6 is 11.3 Å². The Labute approximate surface area is 158 Å². The molecule has 1 amide bonds. The number of likely N-dealkylation sites (tertiary alicyclic amines) is 1. The van der Waals surface area contributed by atoms with Gasteiger partial charge < -0.3 is 10.1 Å². The maximum absolute atomic E-state index is 12.3. The molecule has 0 bridgehead atoms. The van der Waals surface area contributed by atoms with E-state index in [9.17, 15) is 9.59 Å². The first-order valence-corrected chi connectivity index (χ1v) is 9.58. The number of amides is 1. The molecule has 0 aliphatic carbocycles. The third-order valence-corrected chi connectivity index (χ3v) is 5.70. The van der Waals surface area contributed by atoms with E-state index in [0.717, 1.165) is 0 Å². The molecule has 0 saturated carbocycles. The number of carbonyl (C=O) groups excluding carboxylic acids is 2. The van der Waals surface area contributed by atoms with Crippen LogP contribution in [0.5, 0.6) is 0 Å². The fourth-order valence-electron chi connectivity index (χ4n) is 3.42. The Hall–Kier alpha value is -2.18. The van der Waals surface area contributed by atoms with E-state index in [0.29, 0.717) is 24.4 Å². The highest BCUT2D eigenvalue weighted by molar-refractivity contribution is 7.12. The lowest BCUT2D eigenvalue weighted by atomic mass is 10.0. The number of methoxy groups -OCH3 is 1. The number of esters is 1. The van der Waals surface area contributed by atoms with Crippen molar-refractivity contribution < 1.29 is 14.3 Å². The van der Waals surface area contributed by atoms with E-state index >= 15 is 0 Å². The second kappa shape index (κ2) is 8.01. The summed E-state index contributed by atoms with van der Waals surface area (Å²) in [5.41, 5.74) is 3.59. The van der Waals surface area contributed by atoms with Crippen molar-refractivity contribution in [1.29, 1.82) is 0 Å². The third-order valence-electron chi connectivity index (χ3n) is 4.83. The fraction of sp³-hybridized carbons (Fsp3) is 0.400. The van der Waals surface area contributed by atoms with Gasteiger partial charge >= 0.3 is 5.97 Å². The zero-order valence-electron chi connectivity index (χ0n) is 15.3. The molecule has 1 aromatic carbocycles. The van der Waals surface area contributed by atoms with Crippen LogP contribution in [0.2, 0.25) is 0 Å². The number of carbonyl (C=O) groups is 2. The Bertz CT molecular complexity index is 788. The number of benzene rings is 1. The number of thiophene rings is 1. The third kappa shape index (κ3) is 4.14. The number of hydrogen-bond acceptors (Lipinski definition) is 5. The topological polar surface area (TPSA) is 58.6 Å². The Morgan fingerprint density at radius 2 is 2.12 bits per heavy atom. The highest BCUT2D eigenvalue weighted by Crippen LogP contribution is 2.24. The highest BCUT2D eigenvalue weighted by Gasteiger charge is 2.38. The molecule has 138 valence electrons.